The van der Waals surface area contributed by atoms with Crippen LogP contribution in [0.5, 0.6) is 0 Å². The molecule has 104 valence electrons. The van der Waals surface area contributed by atoms with Crippen molar-refractivity contribution in [3.63, 3.8) is 0 Å². The van der Waals surface area contributed by atoms with E-state index >= 15 is 0 Å². The van der Waals surface area contributed by atoms with Crippen molar-refractivity contribution in [3.05, 3.63) is 34.3 Å². The number of nitrogens with two attached hydrogens (primary N) is 1. The van der Waals surface area contributed by atoms with Gasteiger partial charge in [0.15, 0.2) is 0 Å². The molecule has 2 unspecified atom stereocenters. The molecule has 0 radical (unpaired) electrons. The molecule has 0 bridgehead atoms. The monoisotopic (exact) mass is 280 g/mol. The summed E-state index contributed by atoms with van der Waals surface area (Å²) in [6, 6.07) is 5.60. The van der Waals surface area contributed by atoms with Crippen molar-refractivity contribution in [2.45, 2.75) is 45.2 Å². The lowest BCUT2D eigenvalue weighted by molar-refractivity contribution is 0.0583. The Labute approximate surface area is 119 Å². The van der Waals surface area contributed by atoms with E-state index in [0.717, 1.165) is 31.4 Å². The highest BCUT2D eigenvalue weighted by atomic mass is 35.5. The van der Waals surface area contributed by atoms with Gasteiger partial charge in [0.25, 0.3) is 5.91 Å². The summed E-state index contributed by atoms with van der Waals surface area (Å²) in [5, 5.41) is 0.693. The van der Waals surface area contributed by atoms with Gasteiger partial charge in [0.1, 0.15) is 0 Å². The summed E-state index contributed by atoms with van der Waals surface area (Å²) >= 11 is 6.01. The van der Waals surface area contributed by atoms with Crippen LogP contribution >= 0.6 is 11.6 Å². The van der Waals surface area contributed by atoms with Crippen LogP contribution in [-0.2, 0) is 0 Å². The van der Waals surface area contributed by atoms with Gasteiger partial charge in [0, 0.05) is 29.2 Å². The highest BCUT2D eigenvalue weighted by Gasteiger charge is 2.29. The zero-order valence-electron chi connectivity index (χ0n) is 11.5. The third-order valence-corrected chi connectivity index (χ3v) is 4.25. The van der Waals surface area contributed by atoms with Crippen LogP contribution < -0.4 is 5.73 Å². The Morgan fingerprint density at radius 3 is 2.84 bits per heavy atom. The lowest BCUT2D eigenvalue weighted by Gasteiger charge is -2.38. The molecule has 0 aliphatic carbocycles. The molecule has 1 heterocycles. The van der Waals surface area contributed by atoms with E-state index in [1.54, 1.807) is 12.1 Å². The molecule has 1 fully saturated rings. The minimum absolute atomic E-state index is 0.0117. The lowest BCUT2D eigenvalue weighted by atomic mass is 9.96. The van der Waals surface area contributed by atoms with Gasteiger partial charge in [-0.1, -0.05) is 11.6 Å². The molecule has 0 aromatic heterocycles. The maximum Gasteiger partial charge on any atom is 0.254 e. The number of nitrogens with zero attached hydrogens (tertiary/aromatic N) is 1. The van der Waals surface area contributed by atoms with Crippen LogP contribution in [0.2, 0.25) is 5.02 Å². The van der Waals surface area contributed by atoms with E-state index in [1.807, 2.05) is 24.8 Å². The number of aryl methyl sites for hydroxylation is 1. The van der Waals surface area contributed by atoms with Crippen molar-refractivity contribution in [1.29, 1.82) is 0 Å². The molecule has 1 aliphatic rings. The zero-order chi connectivity index (χ0) is 14.0. The number of rotatable bonds is 2. The van der Waals surface area contributed by atoms with Crippen LogP contribution in [0.1, 0.15) is 42.1 Å². The zero-order valence-corrected chi connectivity index (χ0v) is 12.3. The Kier molecular flexibility index (Phi) is 4.48. The van der Waals surface area contributed by atoms with Crippen molar-refractivity contribution in [2.75, 3.05) is 6.54 Å². The van der Waals surface area contributed by atoms with Gasteiger partial charge < -0.3 is 10.6 Å². The van der Waals surface area contributed by atoms with Gasteiger partial charge in [-0.3, -0.25) is 4.79 Å². The Morgan fingerprint density at radius 1 is 1.47 bits per heavy atom. The van der Waals surface area contributed by atoms with Gasteiger partial charge in [-0.25, -0.2) is 0 Å². The van der Waals surface area contributed by atoms with Crippen molar-refractivity contribution in [3.8, 4) is 0 Å². The summed E-state index contributed by atoms with van der Waals surface area (Å²) in [6.45, 7) is 4.69. The number of carbonyl (C=O) groups is 1. The van der Waals surface area contributed by atoms with Crippen molar-refractivity contribution < 1.29 is 4.79 Å². The highest BCUT2D eigenvalue weighted by Crippen LogP contribution is 2.23. The predicted molar refractivity (Wildman–Crippen MR) is 78.5 cm³/mol. The maximum atomic E-state index is 12.6. The molecule has 1 aliphatic heterocycles. The number of benzene rings is 1. The Balaban J connectivity index is 2.23. The first-order valence-corrected chi connectivity index (χ1v) is 7.21. The third-order valence-electron chi connectivity index (χ3n) is 3.82. The third kappa shape index (κ3) is 3.10. The SMILES string of the molecule is Cc1cc(C(=O)N2CCCCC2C(C)N)ccc1Cl. The standard InChI is InChI=1S/C15H21ClN2O/c1-10-9-12(6-7-13(10)16)15(19)18-8-4-3-5-14(18)11(2)17/h6-7,9,11,14H,3-5,8,17H2,1-2H3. The molecular formula is C15H21ClN2O. The topological polar surface area (TPSA) is 46.3 Å². The number of likely N-dealkylation sites (tertiary alicyclic amines) is 1. The second-order valence-corrected chi connectivity index (χ2v) is 5.79. The smallest absolute Gasteiger partial charge is 0.254 e. The first-order valence-electron chi connectivity index (χ1n) is 6.83. The van der Waals surface area contributed by atoms with Crippen molar-refractivity contribution in [1.82, 2.24) is 4.90 Å². The van der Waals surface area contributed by atoms with Gasteiger partial charge in [-0.2, -0.15) is 0 Å². The Hall–Kier alpha value is -1.06. The molecular weight excluding hydrogens is 260 g/mol. The first kappa shape index (κ1) is 14.4. The Morgan fingerprint density at radius 2 is 2.21 bits per heavy atom. The fourth-order valence-electron chi connectivity index (χ4n) is 2.70. The number of amides is 1. The van der Waals surface area contributed by atoms with E-state index in [2.05, 4.69) is 0 Å². The molecule has 19 heavy (non-hydrogen) atoms. The molecule has 0 saturated carbocycles. The molecule has 1 aromatic rings. The normalized spacial score (nSPS) is 21.3. The minimum atomic E-state index is 0.0117. The summed E-state index contributed by atoms with van der Waals surface area (Å²) in [7, 11) is 0. The van der Waals surface area contributed by atoms with Crippen molar-refractivity contribution >= 4 is 17.5 Å². The van der Waals surface area contributed by atoms with Gasteiger partial charge in [-0.15, -0.1) is 0 Å². The van der Waals surface area contributed by atoms with Crippen LogP contribution in [0, 0.1) is 6.92 Å². The second kappa shape index (κ2) is 5.93. The number of hydrogen-bond donors (Lipinski definition) is 1. The quantitative estimate of drug-likeness (QED) is 0.905. The summed E-state index contributed by atoms with van der Waals surface area (Å²) in [4.78, 5) is 14.5. The molecule has 2 rings (SSSR count). The number of halogens is 1. The summed E-state index contributed by atoms with van der Waals surface area (Å²) in [5.74, 6) is 0.0711. The largest absolute Gasteiger partial charge is 0.334 e. The van der Waals surface area contributed by atoms with Gasteiger partial charge in [0.2, 0.25) is 0 Å². The minimum Gasteiger partial charge on any atom is -0.334 e. The van der Waals surface area contributed by atoms with Crippen LogP contribution in [-0.4, -0.2) is 29.4 Å². The van der Waals surface area contributed by atoms with E-state index in [0.29, 0.717) is 10.6 Å². The molecule has 4 heteroatoms. The van der Waals surface area contributed by atoms with E-state index in [-0.39, 0.29) is 18.0 Å². The van der Waals surface area contributed by atoms with E-state index in [4.69, 9.17) is 17.3 Å². The second-order valence-electron chi connectivity index (χ2n) is 5.38. The molecule has 2 atom stereocenters. The number of piperidine rings is 1. The van der Waals surface area contributed by atoms with E-state index < -0.39 is 0 Å². The average Bonchev–Trinajstić information content (AvgIpc) is 2.41. The molecule has 2 N–H and O–H groups in total. The van der Waals surface area contributed by atoms with E-state index in [1.165, 1.54) is 0 Å². The fraction of sp³-hybridized carbons (Fsp3) is 0.533. The van der Waals surface area contributed by atoms with Crippen LogP contribution in [0.15, 0.2) is 18.2 Å². The van der Waals surface area contributed by atoms with Crippen LogP contribution in [0.25, 0.3) is 0 Å². The van der Waals surface area contributed by atoms with Crippen LogP contribution in [0.3, 0.4) is 0 Å². The van der Waals surface area contributed by atoms with Gasteiger partial charge >= 0.3 is 0 Å². The molecule has 3 nitrogen and oxygen atoms in total. The van der Waals surface area contributed by atoms with Gasteiger partial charge in [0.05, 0.1) is 0 Å². The lowest BCUT2D eigenvalue weighted by Crippen LogP contribution is -2.51. The molecule has 1 saturated heterocycles. The number of carbonyl (C=O) groups excluding carboxylic acids is 1. The molecule has 0 spiro atoms. The number of hydrogen-bond acceptors (Lipinski definition) is 2. The first-order chi connectivity index (χ1) is 9.00. The van der Waals surface area contributed by atoms with Gasteiger partial charge in [-0.05, 0) is 56.9 Å². The van der Waals surface area contributed by atoms with Crippen LogP contribution in [0.4, 0.5) is 0 Å². The summed E-state index contributed by atoms with van der Waals surface area (Å²) in [6.07, 6.45) is 3.20. The van der Waals surface area contributed by atoms with E-state index in [9.17, 15) is 4.79 Å². The molecule has 1 aromatic carbocycles. The maximum absolute atomic E-state index is 12.6. The predicted octanol–water partition coefficient (Wildman–Crippen LogP) is 2.99. The average molecular weight is 281 g/mol. The fourth-order valence-corrected chi connectivity index (χ4v) is 2.82. The summed E-state index contributed by atoms with van der Waals surface area (Å²) < 4.78 is 0. The Bertz CT molecular complexity index is 473. The highest BCUT2D eigenvalue weighted by molar-refractivity contribution is 6.31. The van der Waals surface area contributed by atoms with Crippen molar-refractivity contribution in [2.24, 2.45) is 5.73 Å². The summed E-state index contributed by atoms with van der Waals surface area (Å²) in [5.41, 5.74) is 7.65. The molecule has 1 amide bonds.